The number of rotatable bonds is 6. The molecule has 0 aliphatic heterocycles. The number of nitrogens with zero attached hydrogens (tertiary/aromatic N) is 5. The number of anilines is 1. The van der Waals surface area contributed by atoms with E-state index in [9.17, 15) is 0 Å². The minimum atomic E-state index is 0.402. The molecule has 0 aliphatic rings. The van der Waals surface area contributed by atoms with Gasteiger partial charge in [0.1, 0.15) is 0 Å². The molecule has 0 atom stereocenters. The summed E-state index contributed by atoms with van der Waals surface area (Å²) >= 11 is 0. The maximum atomic E-state index is 5.64. The topological polar surface area (TPSA) is 81.7 Å². The van der Waals surface area contributed by atoms with Gasteiger partial charge in [-0.05, 0) is 32.4 Å². The van der Waals surface area contributed by atoms with E-state index in [-0.39, 0.29) is 0 Å². The van der Waals surface area contributed by atoms with Gasteiger partial charge >= 0.3 is 6.01 Å². The lowest BCUT2D eigenvalue weighted by molar-refractivity contribution is 0.578. The number of hydrogen-bond donors (Lipinski definition) is 1. The third-order valence-corrected chi connectivity index (χ3v) is 3.74. The standard InChI is InChI=1S/C16H20N6O/c1-4-9-22-12(3)14(11(2)21-22)10-18-16-20-19-15(23-16)13-5-7-17-8-6-13/h5-8H,4,9-10H2,1-3H3,(H,18,20). The molecular weight excluding hydrogens is 292 g/mol. The van der Waals surface area contributed by atoms with Crippen molar-refractivity contribution in [3.05, 3.63) is 41.5 Å². The molecule has 0 aliphatic carbocycles. The second-order valence-corrected chi connectivity index (χ2v) is 5.37. The fourth-order valence-electron chi connectivity index (χ4n) is 2.49. The van der Waals surface area contributed by atoms with Gasteiger partial charge in [0, 0.05) is 42.3 Å². The van der Waals surface area contributed by atoms with Gasteiger partial charge in [-0.2, -0.15) is 5.10 Å². The molecule has 0 spiro atoms. The smallest absolute Gasteiger partial charge is 0.316 e. The van der Waals surface area contributed by atoms with E-state index >= 15 is 0 Å². The van der Waals surface area contributed by atoms with Crippen LogP contribution < -0.4 is 5.32 Å². The van der Waals surface area contributed by atoms with Crippen molar-refractivity contribution < 1.29 is 4.42 Å². The monoisotopic (exact) mass is 312 g/mol. The van der Waals surface area contributed by atoms with Crippen LogP contribution in [0, 0.1) is 13.8 Å². The molecule has 0 fully saturated rings. The Morgan fingerprint density at radius 2 is 1.96 bits per heavy atom. The Bertz CT molecular complexity index is 777. The molecule has 3 aromatic rings. The van der Waals surface area contributed by atoms with Crippen LogP contribution in [0.15, 0.2) is 28.9 Å². The van der Waals surface area contributed by atoms with Crippen molar-refractivity contribution in [2.24, 2.45) is 0 Å². The molecule has 23 heavy (non-hydrogen) atoms. The van der Waals surface area contributed by atoms with Crippen molar-refractivity contribution in [3.8, 4) is 11.5 Å². The SMILES string of the molecule is CCCn1nc(C)c(CNc2nnc(-c3ccncc3)o2)c1C. The van der Waals surface area contributed by atoms with Crippen molar-refractivity contribution >= 4 is 6.01 Å². The van der Waals surface area contributed by atoms with Gasteiger partial charge in [0.05, 0.1) is 5.69 Å². The second-order valence-electron chi connectivity index (χ2n) is 5.37. The van der Waals surface area contributed by atoms with Crippen molar-refractivity contribution in [1.29, 1.82) is 0 Å². The van der Waals surface area contributed by atoms with E-state index < -0.39 is 0 Å². The Morgan fingerprint density at radius 1 is 1.17 bits per heavy atom. The third kappa shape index (κ3) is 3.23. The van der Waals surface area contributed by atoms with Crippen molar-refractivity contribution in [2.45, 2.75) is 40.3 Å². The van der Waals surface area contributed by atoms with Gasteiger partial charge in [-0.25, -0.2) is 0 Å². The number of aryl methyl sites for hydroxylation is 2. The molecule has 0 aromatic carbocycles. The molecule has 7 nitrogen and oxygen atoms in total. The average molecular weight is 312 g/mol. The van der Waals surface area contributed by atoms with E-state index in [0.29, 0.717) is 18.5 Å². The molecule has 0 radical (unpaired) electrons. The van der Waals surface area contributed by atoms with E-state index in [0.717, 1.165) is 24.2 Å². The fourth-order valence-corrected chi connectivity index (χ4v) is 2.49. The fraction of sp³-hybridized carbons (Fsp3) is 0.375. The summed E-state index contributed by atoms with van der Waals surface area (Å²) in [4.78, 5) is 3.98. The zero-order chi connectivity index (χ0) is 16.2. The predicted octanol–water partition coefficient (Wildman–Crippen LogP) is 2.97. The van der Waals surface area contributed by atoms with Crippen molar-refractivity contribution in [3.63, 3.8) is 0 Å². The van der Waals surface area contributed by atoms with Gasteiger partial charge < -0.3 is 9.73 Å². The molecule has 120 valence electrons. The largest absolute Gasteiger partial charge is 0.403 e. The Balaban J connectivity index is 1.71. The Hall–Kier alpha value is -2.70. The summed E-state index contributed by atoms with van der Waals surface area (Å²) in [6, 6.07) is 4.07. The van der Waals surface area contributed by atoms with E-state index in [2.05, 4.69) is 39.4 Å². The van der Waals surface area contributed by atoms with E-state index in [1.807, 2.05) is 23.7 Å². The first-order valence-corrected chi connectivity index (χ1v) is 7.69. The van der Waals surface area contributed by atoms with Gasteiger partial charge in [0.25, 0.3) is 0 Å². The number of pyridine rings is 1. The first kappa shape index (κ1) is 15.2. The van der Waals surface area contributed by atoms with Gasteiger partial charge in [0.2, 0.25) is 5.89 Å². The summed E-state index contributed by atoms with van der Waals surface area (Å²) in [5.41, 5.74) is 4.22. The van der Waals surface area contributed by atoms with Gasteiger partial charge in [-0.3, -0.25) is 9.67 Å². The minimum absolute atomic E-state index is 0.402. The summed E-state index contributed by atoms with van der Waals surface area (Å²) in [5, 5.41) is 15.8. The van der Waals surface area contributed by atoms with Crippen LogP contribution in [0.5, 0.6) is 0 Å². The zero-order valence-corrected chi connectivity index (χ0v) is 13.6. The summed E-state index contributed by atoms with van der Waals surface area (Å²) in [6.07, 6.45) is 4.46. The van der Waals surface area contributed by atoms with Crippen LogP contribution in [0.25, 0.3) is 11.5 Å². The lowest BCUT2D eigenvalue weighted by atomic mass is 10.2. The molecule has 3 rings (SSSR count). The Labute approximate surface area is 134 Å². The van der Waals surface area contributed by atoms with E-state index in [1.165, 1.54) is 11.3 Å². The first-order valence-electron chi connectivity index (χ1n) is 7.69. The quantitative estimate of drug-likeness (QED) is 0.753. The van der Waals surface area contributed by atoms with Crippen LogP contribution in [-0.4, -0.2) is 25.0 Å². The molecule has 0 saturated carbocycles. The minimum Gasteiger partial charge on any atom is -0.403 e. The summed E-state index contributed by atoms with van der Waals surface area (Å²) in [7, 11) is 0. The summed E-state index contributed by atoms with van der Waals surface area (Å²) in [6.45, 7) is 7.79. The van der Waals surface area contributed by atoms with Gasteiger partial charge in [0.15, 0.2) is 0 Å². The lowest BCUT2D eigenvalue weighted by Gasteiger charge is -2.04. The van der Waals surface area contributed by atoms with Crippen LogP contribution in [-0.2, 0) is 13.1 Å². The molecule has 0 unspecified atom stereocenters. The van der Waals surface area contributed by atoms with E-state index in [1.54, 1.807) is 12.4 Å². The molecular formula is C16H20N6O. The van der Waals surface area contributed by atoms with Gasteiger partial charge in [-0.15, -0.1) is 5.10 Å². The Morgan fingerprint density at radius 3 is 2.70 bits per heavy atom. The highest BCUT2D eigenvalue weighted by atomic mass is 16.4. The van der Waals surface area contributed by atoms with E-state index in [4.69, 9.17) is 4.42 Å². The van der Waals surface area contributed by atoms with Gasteiger partial charge in [-0.1, -0.05) is 12.0 Å². The number of hydrogen-bond acceptors (Lipinski definition) is 6. The summed E-state index contributed by atoms with van der Waals surface area (Å²) < 4.78 is 7.68. The first-order chi connectivity index (χ1) is 11.2. The van der Waals surface area contributed by atoms with Crippen LogP contribution in [0.3, 0.4) is 0 Å². The third-order valence-electron chi connectivity index (χ3n) is 3.74. The highest BCUT2D eigenvalue weighted by Crippen LogP contribution is 2.20. The highest BCUT2D eigenvalue weighted by Gasteiger charge is 2.13. The van der Waals surface area contributed by atoms with Crippen molar-refractivity contribution in [2.75, 3.05) is 5.32 Å². The molecule has 1 N–H and O–H groups in total. The Kier molecular flexibility index (Phi) is 4.36. The number of nitrogens with one attached hydrogen (secondary N) is 1. The predicted molar refractivity (Wildman–Crippen MR) is 86.8 cm³/mol. The summed E-state index contributed by atoms with van der Waals surface area (Å²) in [5.74, 6) is 0.477. The maximum Gasteiger partial charge on any atom is 0.316 e. The maximum absolute atomic E-state index is 5.64. The second kappa shape index (κ2) is 6.60. The molecule has 0 saturated heterocycles. The molecule has 3 aromatic heterocycles. The zero-order valence-electron chi connectivity index (χ0n) is 13.6. The van der Waals surface area contributed by atoms with Crippen LogP contribution in [0.1, 0.15) is 30.3 Å². The van der Waals surface area contributed by atoms with Crippen LogP contribution in [0.4, 0.5) is 6.01 Å². The lowest BCUT2D eigenvalue weighted by Crippen LogP contribution is -2.04. The van der Waals surface area contributed by atoms with Crippen molar-refractivity contribution in [1.82, 2.24) is 25.0 Å². The van der Waals surface area contributed by atoms with Crippen LogP contribution >= 0.6 is 0 Å². The normalized spacial score (nSPS) is 10.9. The highest BCUT2D eigenvalue weighted by molar-refractivity contribution is 5.51. The number of aromatic nitrogens is 5. The van der Waals surface area contributed by atoms with Crippen LogP contribution in [0.2, 0.25) is 0 Å². The molecule has 0 bridgehead atoms. The average Bonchev–Trinajstić information content (AvgIpc) is 3.13. The molecule has 7 heteroatoms. The molecule has 3 heterocycles. The molecule has 0 amide bonds.